The number of fused-ring (bicyclic) bond motifs is 8. The van der Waals surface area contributed by atoms with Gasteiger partial charge in [-0.3, -0.25) is 0 Å². The number of furan rings is 1. The summed E-state index contributed by atoms with van der Waals surface area (Å²) in [4.78, 5) is 4.66. The second kappa shape index (κ2) is 13.4. The normalized spacial score (nSPS) is 12.8. The van der Waals surface area contributed by atoms with Gasteiger partial charge in [-0.25, -0.2) is 0 Å². The van der Waals surface area contributed by atoms with Crippen molar-refractivity contribution in [1.29, 1.82) is 0 Å². The summed E-state index contributed by atoms with van der Waals surface area (Å²) in [5.41, 5.74) is 15.9. The third kappa shape index (κ3) is 5.43. The molecule has 0 saturated heterocycles. The molecule has 0 fully saturated rings. The Hall–Kier alpha value is -7.36. The van der Waals surface area contributed by atoms with Gasteiger partial charge < -0.3 is 14.2 Å². The fourth-order valence-electron chi connectivity index (χ4n) is 9.27. The third-order valence-electron chi connectivity index (χ3n) is 12.0. The van der Waals surface area contributed by atoms with Crippen LogP contribution < -0.4 is 9.80 Å². The highest BCUT2D eigenvalue weighted by Gasteiger charge is 2.37. The van der Waals surface area contributed by atoms with Crippen molar-refractivity contribution in [2.24, 2.45) is 0 Å². The van der Waals surface area contributed by atoms with E-state index in [1.807, 2.05) is 12.1 Å². The Morgan fingerprint density at radius 2 is 0.931 bits per heavy atom. The minimum atomic E-state index is -0.144. The maximum Gasteiger partial charge on any atom is 0.159 e. The lowest BCUT2D eigenvalue weighted by molar-refractivity contribution is 0.666. The van der Waals surface area contributed by atoms with Crippen molar-refractivity contribution in [3.8, 4) is 22.3 Å². The van der Waals surface area contributed by atoms with Gasteiger partial charge in [0.15, 0.2) is 5.58 Å². The van der Waals surface area contributed by atoms with Gasteiger partial charge >= 0.3 is 0 Å². The third-order valence-corrected chi connectivity index (χ3v) is 12.0. The molecule has 0 atom stereocenters. The standard InChI is InChI=1S/C55H40N2O/c1-55(2)50-36-44(33-35-46(50)48-34-28-39-14-9-10-19-45(39)53(48)55)56(40-15-5-3-6-16-40)42-29-24-37(25-30-42)38-26-31-43(32-27-38)57(41-17-7-4-8-18-41)51-22-13-21-49-47-20-11-12-23-52(47)58-54(49)51/h3-36H,1-2H3. The van der Waals surface area contributed by atoms with Crippen molar-refractivity contribution in [1.82, 2.24) is 0 Å². The average Bonchev–Trinajstić information content (AvgIpc) is 3.77. The Bertz CT molecular complexity index is 3130. The van der Waals surface area contributed by atoms with E-state index in [0.717, 1.165) is 67.2 Å². The highest BCUT2D eigenvalue weighted by Crippen LogP contribution is 2.53. The number of para-hydroxylation sites is 4. The minimum Gasteiger partial charge on any atom is -0.454 e. The molecule has 0 unspecified atom stereocenters. The van der Waals surface area contributed by atoms with Crippen LogP contribution in [0, 0.1) is 0 Å². The molecule has 0 saturated carbocycles. The van der Waals surface area contributed by atoms with Crippen molar-refractivity contribution in [3.05, 3.63) is 217 Å². The van der Waals surface area contributed by atoms with Crippen LogP contribution in [0.5, 0.6) is 0 Å². The molecule has 58 heavy (non-hydrogen) atoms. The van der Waals surface area contributed by atoms with Gasteiger partial charge in [-0.15, -0.1) is 0 Å². The molecule has 276 valence electrons. The smallest absolute Gasteiger partial charge is 0.159 e. The summed E-state index contributed by atoms with van der Waals surface area (Å²) in [5.74, 6) is 0. The molecule has 0 amide bonds. The van der Waals surface area contributed by atoms with Gasteiger partial charge in [0, 0.05) is 44.6 Å². The molecule has 11 rings (SSSR count). The predicted molar refractivity (Wildman–Crippen MR) is 244 cm³/mol. The topological polar surface area (TPSA) is 19.6 Å². The quantitative estimate of drug-likeness (QED) is 0.162. The van der Waals surface area contributed by atoms with E-state index in [9.17, 15) is 0 Å². The first-order valence-corrected chi connectivity index (χ1v) is 20.0. The molecule has 0 aliphatic heterocycles. The average molecular weight is 745 g/mol. The Morgan fingerprint density at radius 3 is 1.64 bits per heavy atom. The Kier molecular flexibility index (Phi) is 7.84. The number of rotatable bonds is 7. The number of hydrogen-bond donors (Lipinski definition) is 0. The zero-order valence-electron chi connectivity index (χ0n) is 32.4. The summed E-state index contributed by atoms with van der Waals surface area (Å²) >= 11 is 0. The van der Waals surface area contributed by atoms with E-state index < -0.39 is 0 Å². The van der Waals surface area contributed by atoms with Crippen LogP contribution >= 0.6 is 0 Å². The first kappa shape index (κ1) is 33.9. The Balaban J connectivity index is 0.948. The lowest BCUT2D eigenvalue weighted by atomic mass is 9.80. The van der Waals surface area contributed by atoms with Crippen LogP contribution in [0.25, 0.3) is 55.0 Å². The maximum absolute atomic E-state index is 6.51. The highest BCUT2D eigenvalue weighted by atomic mass is 16.3. The van der Waals surface area contributed by atoms with Gasteiger partial charge in [0.2, 0.25) is 0 Å². The van der Waals surface area contributed by atoms with Crippen LogP contribution in [0.3, 0.4) is 0 Å². The van der Waals surface area contributed by atoms with E-state index in [-0.39, 0.29) is 5.41 Å². The van der Waals surface area contributed by atoms with Crippen molar-refractivity contribution in [2.45, 2.75) is 19.3 Å². The SMILES string of the molecule is CC1(C)c2cc(N(c3ccccc3)c3ccc(-c4ccc(N(c5ccccc5)c5cccc6c5oc5ccccc56)cc4)cc3)ccc2-c2ccc3ccccc3c21. The van der Waals surface area contributed by atoms with Crippen LogP contribution in [0.4, 0.5) is 34.1 Å². The van der Waals surface area contributed by atoms with Crippen molar-refractivity contribution < 1.29 is 4.42 Å². The second-order valence-corrected chi connectivity index (χ2v) is 15.8. The Morgan fingerprint density at radius 1 is 0.397 bits per heavy atom. The highest BCUT2D eigenvalue weighted by molar-refractivity contribution is 6.10. The van der Waals surface area contributed by atoms with Crippen molar-refractivity contribution >= 4 is 66.8 Å². The van der Waals surface area contributed by atoms with E-state index in [1.165, 1.54) is 33.0 Å². The molecule has 0 bridgehead atoms. The van der Waals surface area contributed by atoms with Crippen LogP contribution in [0.2, 0.25) is 0 Å². The molecule has 1 heterocycles. The molecule has 3 heteroatoms. The number of hydrogen-bond acceptors (Lipinski definition) is 3. The zero-order valence-corrected chi connectivity index (χ0v) is 32.4. The molecule has 0 radical (unpaired) electrons. The van der Waals surface area contributed by atoms with Gasteiger partial charge in [0.05, 0.1) is 5.69 Å². The fraction of sp³-hybridized carbons (Fsp3) is 0.0545. The monoisotopic (exact) mass is 744 g/mol. The minimum absolute atomic E-state index is 0.144. The maximum atomic E-state index is 6.51. The second-order valence-electron chi connectivity index (χ2n) is 15.8. The van der Waals surface area contributed by atoms with E-state index in [2.05, 4.69) is 218 Å². The summed E-state index contributed by atoms with van der Waals surface area (Å²) in [6.07, 6.45) is 0. The number of anilines is 6. The van der Waals surface area contributed by atoms with Gasteiger partial charge in [-0.1, -0.05) is 147 Å². The molecule has 9 aromatic carbocycles. The lowest BCUT2D eigenvalue weighted by Crippen LogP contribution is -2.17. The number of benzene rings is 9. The van der Waals surface area contributed by atoms with E-state index >= 15 is 0 Å². The van der Waals surface area contributed by atoms with Crippen LogP contribution in [0.15, 0.2) is 211 Å². The lowest BCUT2D eigenvalue weighted by Gasteiger charge is -2.28. The van der Waals surface area contributed by atoms with Gasteiger partial charge in [0.25, 0.3) is 0 Å². The van der Waals surface area contributed by atoms with E-state index in [1.54, 1.807) is 0 Å². The molecule has 0 N–H and O–H groups in total. The molecule has 1 aromatic heterocycles. The van der Waals surface area contributed by atoms with Gasteiger partial charge in [-0.2, -0.15) is 0 Å². The van der Waals surface area contributed by atoms with Crippen molar-refractivity contribution in [2.75, 3.05) is 9.80 Å². The van der Waals surface area contributed by atoms with Gasteiger partial charge in [0.1, 0.15) is 5.58 Å². The largest absolute Gasteiger partial charge is 0.454 e. The summed E-state index contributed by atoms with van der Waals surface area (Å²) in [6, 6.07) is 74.1. The van der Waals surface area contributed by atoms with E-state index in [0.29, 0.717) is 0 Å². The van der Waals surface area contributed by atoms with Crippen LogP contribution in [-0.4, -0.2) is 0 Å². The van der Waals surface area contributed by atoms with Crippen LogP contribution in [0.1, 0.15) is 25.0 Å². The van der Waals surface area contributed by atoms with E-state index in [4.69, 9.17) is 4.42 Å². The first-order valence-electron chi connectivity index (χ1n) is 20.0. The molecule has 3 nitrogen and oxygen atoms in total. The predicted octanol–water partition coefficient (Wildman–Crippen LogP) is 15.7. The van der Waals surface area contributed by atoms with Gasteiger partial charge in [-0.05, 0) is 117 Å². The van der Waals surface area contributed by atoms with Crippen molar-refractivity contribution in [3.63, 3.8) is 0 Å². The molecule has 0 spiro atoms. The molecule has 1 aliphatic carbocycles. The number of nitrogens with zero attached hydrogens (tertiary/aromatic N) is 2. The molecule has 10 aromatic rings. The van der Waals surface area contributed by atoms with Crippen LogP contribution in [-0.2, 0) is 5.41 Å². The molecular formula is C55H40N2O. The first-order chi connectivity index (χ1) is 28.5. The molecular weight excluding hydrogens is 705 g/mol. The summed E-state index contributed by atoms with van der Waals surface area (Å²) < 4.78 is 6.51. The zero-order chi connectivity index (χ0) is 38.8. The fourth-order valence-corrected chi connectivity index (χ4v) is 9.27. The Labute approximate surface area is 338 Å². The summed E-state index contributed by atoms with van der Waals surface area (Å²) in [6.45, 7) is 4.75. The summed E-state index contributed by atoms with van der Waals surface area (Å²) in [7, 11) is 0. The molecule has 1 aliphatic rings. The summed E-state index contributed by atoms with van der Waals surface area (Å²) in [5, 5.41) is 4.85.